The number of benzene rings is 1. The maximum atomic E-state index is 13.6. The van der Waals surface area contributed by atoms with Crippen molar-refractivity contribution < 1.29 is 17.9 Å². The van der Waals surface area contributed by atoms with Gasteiger partial charge in [0, 0.05) is 5.69 Å². The zero-order valence-corrected chi connectivity index (χ0v) is 20.8. The summed E-state index contributed by atoms with van der Waals surface area (Å²) in [7, 11) is -4.13. The molecule has 0 amide bonds. The highest BCUT2D eigenvalue weighted by Gasteiger charge is 2.36. The number of sulfonamides is 1. The second-order valence-corrected chi connectivity index (χ2v) is 11.2. The zero-order chi connectivity index (χ0) is 24.5. The molecule has 3 rings (SSSR count). The van der Waals surface area contributed by atoms with Gasteiger partial charge in [-0.2, -0.15) is 0 Å². The number of anilines is 2. The topological polar surface area (TPSA) is 134 Å². The summed E-state index contributed by atoms with van der Waals surface area (Å²) in [5.41, 5.74) is 6.58. The first-order valence-corrected chi connectivity index (χ1v) is 12.7. The molecular formula is C23H35N5O4S. The summed E-state index contributed by atoms with van der Waals surface area (Å²) in [6.45, 7) is 9.22. The maximum absolute atomic E-state index is 13.6. The summed E-state index contributed by atoms with van der Waals surface area (Å²) in [5, 5.41) is 0. The number of esters is 1. The van der Waals surface area contributed by atoms with E-state index >= 15 is 0 Å². The second kappa shape index (κ2) is 9.62. The summed E-state index contributed by atoms with van der Waals surface area (Å²) < 4.78 is 35.3. The Balaban J connectivity index is 1.93. The molecule has 0 bridgehead atoms. The minimum Gasteiger partial charge on any atom is -0.461 e. The van der Waals surface area contributed by atoms with E-state index in [1.54, 1.807) is 13.8 Å². The number of hydrogen-bond donors (Lipinski definition) is 2. The molecule has 1 aliphatic rings. The van der Waals surface area contributed by atoms with Gasteiger partial charge in [0.05, 0.1) is 10.6 Å². The van der Waals surface area contributed by atoms with E-state index in [1.807, 2.05) is 0 Å². The Hall–Kier alpha value is -2.75. The summed E-state index contributed by atoms with van der Waals surface area (Å²) in [6, 6.07) is 5.81. The molecule has 1 aromatic heterocycles. The molecule has 1 fully saturated rings. The molecule has 10 heteroatoms. The molecule has 1 saturated carbocycles. The summed E-state index contributed by atoms with van der Waals surface area (Å²) in [5.74, 6) is 6.97. The lowest BCUT2D eigenvalue weighted by Gasteiger charge is -2.37. The average Bonchev–Trinajstić information content (AvgIpc) is 2.99. The number of carbonyl (C=O) groups excluding carboxylic acids is 1. The Morgan fingerprint density at radius 1 is 1.24 bits per heavy atom. The number of nitrogens with two attached hydrogens (primary N) is 2. The van der Waals surface area contributed by atoms with Gasteiger partial charge in [0.25, 0.3) is 10.0 Å². The van der Waals surface area contributed by atoms with Gasteiger partial charge < -0.3 is 16.3 Å². The minimum absolute atomic E-state index is 0.000491. The van der Waals surface area contributed by atoms with Gasteiger partial charge in [0.2, 0.25) is 0 Å². The lowest BCUT2D eigenvalue weighted by Crippen LogP contribution is -2.41. The number of carbonyl (C=O) groups is 1. The van der Waals surface area contributed by atoms with Crippen LogP contribution in [-0.4, -0.2) is 36.7 Å². The first-order chi connectivity index (χ1) is 15.4. The first-order valence-electron chi connectivity index (χ1n) is 11.3. The number of aromatic nitrogens is 2. The summed E-state index contributed by atoms with van der Waals surface area (Å²) in [6.07, 6.45) is 2.62. The van der Waals surface area contributed by atoms with Gasteiger partial charge >= 0.3 is 5.97 Å². The van der Waals surface area contributed by atoms with Crippen LogP contribution in [0.5, 0.6) is 0 Å². The van der Waals surface area contributed by atoms with E-state index in [0.29, 0.717) is 29.0 Å². The molecule has 1 heterocycles. The highest BCUT2D eigenvalue weighted by atomic mass is 32.2. The Morgan fingerprint density at radius 3 is 2.42 bits per heavy atom. The van der Waals surface area contributed by atoms with Gasteiger partial charge in [-0.05, 0) is 68.7 Å². The van der Waals surface area contributed by atoms with E-state index in [2.05, 4.69) is 25.8 Å². The highest BCUT2D eigenvalue weighted by molar-refractivity contribution is 7.92. The van der Waals surface area contributed by atoms with Crippen molar-refractivity contribution in [2.24, 2.45) is 17.8 Å². The van der Waals surface area contributed by atoms with Crippen molar-refractivity contribution in [3.8, 4) is 0 Å². The van der Waals surface area contributed by atoms with Crippen molar-refractivity contribution in [2.75, 3.05) is 22.4 Å². The molecule has 9 nitrogen and oxygen atoms in total. The Bertz CT molecular complexity index is 1090. The molecule has 3 atom stereocenters. The van der Waals surface area contributed by atoms with E-state index in [4.69, 9.17) is 16.3 Å². The third-order valence-corrected chi connectivity index (χ3v) is 8.27. The molecule has 1 aliphatic carbocycles. The van der Waals surface area contributed by atoms with Crippen molar-refractivity contribution in [3.63, 3.8) is 0 Å². The SMILES string of the molecule is Cc1nc(N(CC(=O)O[C@@H]2C[C@H](C)CC[C@@H]2C(C)C)S(=O)(=O)c2ccc(N)cc2)c(C)n1N. The summed E-state index contributed by atoms with van der Waals surface area (Å²) >= 11 is 0. The predicted molar refractivity (Wildman–Crippen MR) is 128 cm³/mol. The third-order valence-electron chi connectivity index (χ3n) is 6.52. The maximum Gasteiger partial charge on any atom is 0.327 e. The monoisotopic (exact) mass is 477 g/mol. The van der Waals surface area contributed by atoms with Crippen molar-refractivity contribution >= 4 is 27.5 Å². The molecular weight excluding hydrogens is 442 g/mol. The summed E-state index contributed by atoms with van der Waals surface area (Å²) in [4.78, 5) is 17.4. The Labute approximate surface area is 196 Å². The molecule has 0 spiro atoms. The van der Waals surface area contributed by atoms with Crippen molar-refractivity contribution in [1.82, 2.24) is 9.66 Å². The normalized spacial score (nSPS) is 21.2. The molecule has 33 heavy (non-hydrogen) atoms. The fourth-order valence-electron chi connectivity index (χ4n) is 4.49. The van der Waals surface area contributed by atoms with Crippen LogP contribution in [0.15, 0.2) is 29.2 Å². The third kappa shape index (κ3) is 5.26. The predicted octanol–water partition coefficient (Wildman–Crippen LogP) is 3.00. The lowest BCUT2D eigenvalue weighted by atomic mass is 9.75. The fraction of sp³-hybridized carbons (Fsp3) is 0.565. The molecule has 0 unspecified atom stereocenters. The van der Waals surface area contributed by atoms with E-state index in [-0.39, 0.29) is 22.7 Å². The van der Waals surface area contributed by atoms with Gasteiger partial charge in [-0.1, -0.05) is 27.2 Å². The van der Waals surface area contributed by atoms with E-state index < -0.39 is 22.5 Å². The highest BCUT2D eigenvalue weighted by Crippen LogP contribution is 2.35. The number of nitrogens with zero attached hydrogens (tertiary/aromatic N) is 3. The van der Waals surface area contributed by atoms with Crippen LogP contribution in [0.2, 0.25) is 0 Å². The van der Waals surface area contributed by atoms with Crippen LogP contribution in [0.4, 0.5) is 11.5 Å². The molecule has 1 aromatic carbocycles. The van der Waals surface area contributed by atoms with Crippen molar-refractivity contribution in [3.05, 3.63) is 35.8 Å². The standard InChI is InChI=1S/C23H35N5O4S/c1-14(2)20-11-6-15(3)12-21(20)32-22(29)13-27(23-16(4)28(25)17(5)26-23)33(30,31)19-9-7-18(24)8-10-19/h7-10,14-15,20-21H,6,11-13,24-25H2,1-5H3/t15-,20-,21-/m1/s1. The van der Waals surface area contributed by atoms with Gasteiger partial charge in [-0.15, -0.1) is 0 Å². The van der Waals surface area contributed by atoms with Gasteiger partial charge in [0.1, 0.15) is 18.5 Å². The number of rotatable bonds is 7. The largest absolute Gasteiger partial charge is 0.461 e. The molecule has 182 valence electrons. The van der Waals surface area contributed by atoms with Gasteiger partial charge in [-0.3, -0.25) is 4.79 Å². The number of imidazole rings is 1. The second-order valence-electron chi connectivity index (χ2n) is 9.37. The zero-order valence-electron chi connectivity index (χ0n) is 20.0. The molecule has 0 radical (unpaired) electrons. The van der Waals surface area contributed by atoms with Crippen LogP contribution < -0.4 is 15.9 Å². The van der Waals surface area contributed by atoms with Crippen LogP contribution in [-0.2, 0) is 19.6 Å². The Kier molecular flexibility index (Phi) is 7.26. The number of nitrogen functional groups attached to an aromatic ring is 2. The minimum atomic E-state index is -4.13. The molecule has 0 saturated heterocycles. The van der Waals surface area contributed by atoms with Crippen molar-refractivity contribution in [2.45, 2.75) is 64.9 Å². The number of hydrogen-bond acceptors (Lipinski definition) is 7. The average molecular weight is 478 g/mol. The van der Waals surface area contributed by atoms with E-state index in [1.165, 1.54) is 28.9 Å². The van der Waals surface area contributed by atoms with Crippen LogP contribution in [0, 0.1) is 31.6 Å². The molecule has 0 aliphatic heterocycles. The van der Waals surface area contributed by atoms with Crippen LogP contribution >= 0.6 is 0 Å². The molecule has 2 aromatic rings. The smallest absolute Gasteiger partial charge is 0.327 e. The van der Waals surface area contributed by atoms with Gasteiger partial charge in [0.15, 0.2) is 5.82 Å². The van der Waals surface area contributed by atoms with Crippen LogP contribution in [0.1, 0.15) is 51.6 Å². The number of aryl methyl sites for hydroxylation is 1. The Morgan fingerprint density at radius 2 is 1.88 bits per heavy atom. The van der Waals surface area contributed by atoms with Crippen LogP contribution in [0.3, 0.4) is 0 Å². The van der Waals surface area contributed by atoms with E-state index in [0.717, 1.165) is 23.6 Å². The van der Waals surface area contributed by atoms with Crippen LogP contribution in [0.25, 0.3) is 0 Å². The lowest BCUT2D eigenvalue weighted by molar-refractivity contribution is -0.153. The quantitative estimate of drug-likeness (QED) is 0.356. The van der Waals surface area contributed by atoms with E-state index in [9.17, 15) is 13.2 Å². The van der Waals surface area contributed by atoms with Crippen molar-refractivity contribution in [1.29, 1.82) is 0 Å². The first kappa shape index (κ1) is 24.9. The fourth-order valence-corrected chi connectivity index (χ4v) is 5.90. The molecule has 4 N–H and O–H groups in total. The number of ether oxygens (including phenoxy) is 1. The van der Waals surface area contributed by atoms with Gasteiger partial charge in [-0.25, -0.2) is 22.4 Å².